The smallest absolute Gasteiger partial charge is 0.410 e. The van der Waals surface area contributed by atoms with Gasteiger partial charge < -0.3 is 19.6 Å². The third-order valence-electron chi connectivity index (χ3n) is 4.52. The quantitative estimate of drug-likeness (QED) is 0.807. The SMILES string of the molecule is CC(C)(C)OC(=O)N1CCc2nc(Cl)nc(N3CCCC3CO)c2C1. The molecule has 1 atom stereocenters. The Bertz CT molecular complexity index is 662. The molecule has 2 aliphatic heterocycles. The summed E-state index contributed by atoms with van der Waals surface area (Å²) in [5, 5.41) is 9.85. The van der Waals surface area contributed by atoms with E-state index in [9.17, 15) is 9.90 Å². The van der Waals surface area contributed by atoms with E-state index in [0.717, 1.165) is 36.5 Å². The fourth-order valence-electron chi connectivity index (χ4n) is 3.39. The van der Waals surface area contributed by atoms with Gasteiger partial charge in [0.15, 0.2) is 0 Å². The minimum Gasteiger partial charge on any atom is -0.444 e. The predicted molar refractivity (Wildman–Crippen MR) is 94.8 cm³/mol. The summed E-state index contributed by atoms with van der Waals surface area (Å²) >= 11 is 6.12. The van der Waals surface area contributed by atoms with Crippen molar-refractivity contribution in [3.05, 3.63) is 16.5 Å². The number of anilines is 1. The van der Waals surface area contributed by atoms with Crippen molar-refractivity contribution in [3.8, 4) is 0 Å². The molecule has 0 bridgehead atoms. The molecule has 3 heterocycles. The van der Waals surface area contributed by atoms with Gasteiger partial charge in [-0.25, -0.2) is 14.8 Å². The van der Waals surface area contributed by atoms with E-state index in [0.29, 0.717) is 19.5 Å². The van der Waals surface area contributed by atoms with Crippen molar-refractivity contribution in [2.75, 3.05) is 24.6 Å². The van der Waals surface area contributed by atoms with Crippen LogP contribution in [0.15, 0.2) is 0 Å². The molecule has 7 nitrogen and oxygen atoms in total. The van der Waals surface area contributed by atoms with Crippen LogP contribution in [0.25, 0.3) is 0 Å². The van der Waals surface area contributed by atoms with Crippen molar-refractivity contribution in [1.29, 1.82) is 0 Å². The summed E-state index contributed by atoms with van der Waals surface area (Å²) < 4.78 is 5.49. The molecule has 1 saturated heterocycles. The molecule has 0 spiro atoms. The Morgan fingerprint density at radius 1 is 1.36 bits per heavy atom. The molecule has 1 fully saturated rings. The first-order valence-electron chi connectivity index (χ1n) is 8.69. The molecule has 1 amide bonds. The maximum absolute atomic E-state index is 12.4. The van der Waals surface area contributed by atoms with Gasteiger partial charge in [0.1, 0.15) is 11.4 Å². The van der Waals surface area contributed by atoms with Gasteiger partial charge in [0, 0.05) is 25.1 Å². The molecular formula is C17H25ClN4O3. The average Bonchev–Trinajstić information content (AvgIpc) is 3.00. The van der Waals surface area contributed by atoms with Gasteiger partial charge in [0.05, 0.1) is 24.9 Å². The molecule has 1 unspecified atom stereocenters. The van der Waals surface area contributed by atoms with Crippen molar-refractivity contribution in [2.24, 2.45) is 0 Å². The maximum Gasteiger partial charge on any atom is 0.410 e. The summed E-state index contributed by atoms with van der Waals surface area (Å²) in [6, 6.07) is 0.0342. The van der Waals surface area contributed by atoms with Gasteiger partial charge in [-0.1, -0.05) is 0 Å². The van der Waals surface area contributed by atoms with Crippen LogP contribution >= 0.6 is 11.6 Å². The number of aliphatic hydroxyl groups is 1. The molecule has 0 radical (unpaired) electrons. The minimum atomic E-state index is -0.534. The number of nitrogens with zero attached hydrogens (tertiary/aromatic N) is 4. The highest BCUT2D eigenvalue weighted by Crippen LogP contribution is 2.32. The second kappa shape index (κ2) is 6.96. The Hall–Kier alpha value is -1.60. The fourth-order valence-corrected chi connectivity index (χ4v) is 3.57. The maximum atomic E-state index is 12.4. The van der Waals surface area contributed by atoms with E-state index >= 15 is 0 Å². The second-order valence-electron chi connectivity index (χ2n) is 7.57. The highest BCUT2D eigenvalue weighted by molar-refractivity contribution is 6.28. The molecule has 0 saturated carbocycles. The Balaban J connectivity index is 1.89. The van der Waals surface area contributed by atoms with Crippen LogP contribution in [0.4, 0.5) is 10.6 Å². The number of rotatable bonds is 2. The first kappa shape index (κ1) is 18.2. The summed E-state index contributed by atoms with van der Waals surface area (Å²) in [6.07, 6.45) is 2.20. The van der Waals surface area contributed by atoms with Crippen LogP contribution in [0.5, 0.6) is 0 Å². The summed E-state index contributed by atoms with van der Waals surface area (Å²) in [4.78, 5) is 25.0. The number of hydrogen-bond acceptors (Lipinski definition) is 6. The van der Waals surface area contributed by atoms with Gasteiger partial charge in [-0.05, 0) is 45.2 Å². The molecule has 0 aliphatic carbocycles. The van der Waals surface area contributed by atoms with Crippen molar-refractivity contribution in [3.63, 3.8) is 0 Å². The van der Waals surface area contributed by atoms with Gasteiger partial charge in [0.25, 0.3) is 0 Å². The monoisotopic (exact) mass is 368 g/mol. The Labute approximate surface area is 152 Å². The van der Waals surface area contributed by atoms with Gasteiger partial charge in [-0.15, -0.1) is 0 Å². The van der Waals surface area contributed by atoms with Crippen LogP contribution in [-0.2, 0) is 17.7 Å². The number of carbonyl (C=O) groups is 1. The highest BCUT2D eigenvalue weighted by atomic mass is 35.5. The fraction of sp³-hybridized carbons (Fsp3) is 0.706. The van der Waals surface area contributed by atoms with Crippen LogP contribution in [-0.4, -0.2) is 57.4 Å². The Morgan fingerprint density at radius 3 is 2.80 bits per heavy atom. The van der Waals surface area contributed by atoms with Gasteiger partial charge >= 0.3 is 6.09 Å². The number of carbonyl (C=O) groups excluding carboxylic acids is 1. The first-order chi connectivity index (χ1) is 11.8. The summed E-state index contributed by atoms with van der Waals surface area (Å²) in [6.45, 7) is 7.39. The van der Waals surface area contributed by atoms with E-state index in [-0.39, 0.29) is 24.0 Å². The molecule has 8 heteroatoms. The largest absolute Gasteiger partial charge is 0.444 e. The Morgan fingerprint density at radius 2 is 2.12 bits per heavy atom. The third-order valence-corrected chi connectivity index (χ3v) is 4.69. The number of aliphatic hydroxyl groups excluding tert-OH is 1. The zero-order valence-corrected chi connectivity index (χ0v) is 15.7. The van der Waals surface area contributed by atoms with E-state index in [1.165, 1.54) is 0 Å². The average molecular weight is 369 g/mol. The lowest BCUT2D eigenvalue weighted by Gasteiger charge is -2.34. The Kier molecular flexibility index (Phi) is 5.06. The predicted octanol–water partition coefficient (Wildman–Crippen LogP) is 2.38. The van der Waals surface area contributed by atoms with Gasteiger partial charge in [-0.3, -0.25) is 0 Å². The lowest BCUT2D eigenvalue weighted by Crippen LogP contribution is -2.42. The standard InChI is InChI=1S/C17H25ClN4O3/c1-17(2,3)25-16(24)21-8-6-13-12(9-21)14(20-15(18)19-13)22-7-4-5-11(22)10-23/h11,23H,4-10H2,1-3H3. The van der Waals surface area contributed by atoms with E-state index in [1.807, 2.05) is 20.8 Å². The number of aromatic nitrogens is 2. The summed E-state index contributed by atoms with van der Waals surface area (Å²) in [5.74, 6) is 0.736. The molecular weight excluding hydrogens is 344 g/mol. The zero-order valence-electron chi connectivity index (χ0n) is 15.0. The zero-order chi connectivity index (χ0) is 18.2. The van der Waals surface area contributed by atoms with Crippen molar-refractivity contribution < 1.29 is 14.6 Å². The number of amides is 1. The van der Waals surface area contributed by atoms with Crippen molar-refractivity contribution in [1.82, 2.24) is 14.9 Å². The number of fused-ring (bicyclic) bond motifs is 1. The molecule has 2 aliphatic rings. The van der Waals surface area contributed by atoms with Crippen LogP contribution in [0.2, 0.25) is 5.28 Å². The van der Waals surface area contributed by atoms with Crippen molar-refractivity contribution >= 4 is 23.5 Å². The van der Waals surface area contributed by atoms with Crippen LogP contribution in [0.1, 0.15) is 44.9 Å². The summed E-state index contributed by atoms with van der Waals surface area (Å²) in [5.41, 5.74) is 1.24. The second-order valence-corrected chi connectivity index (χ2v) is 7.90. The normalized spacial score (nSPS) is 20.6. The first-order valence-corrected chi connectivity index (χ1v) is 9.07. The lowest BCUT2D eigenvalue weighted by molar-refractivity contribution is 0.0223. The molecule has 1 aromatic heterocycles. The molecule has 0 aromatic carbocycles. The number of ether oxygens (including phenoxy) is 1. The van der Waals surface area contributed by atoms with Crippen LogP contribution in [0, 0.1) is 0 Å². The van der Waals surface area contributed by atoms with E-state index in [2.05, 4.69) is 14.9 Å². The van der Waals surface area contributed by atoms with Gasteiger partial charge in [-0.2, -0.15) is 0 Å². The van der Waals surface area contributed by atoms with E-state index in [4.69, 9.17) is 16.3 Å². The lowest BCUT2D eigenvalue weighted by atomic mass is 10.1. The molecule has 3 rings (SSSR count). The third kappa shape index (κ3) is 3.98. The minimum absolute atomic E-state index is 0.0342. The van der Waals surface area contributed by atoms with Crippen LogP contribution < -0.4 is 4.90 Å². The highest BCUT2D eigenvalue weighted by Gasteiger charge is 2.33. The molecule has 1 aromatic rings. The van der Waals surface area contributed by atoms with Crippen molar-refractivity contribution in [2.45, 2.75) is 58.2 Å². The molecule has 25 heavy (non-hydrogen) atoms. The molecule has 1 N–H and O–H groups in total. The topological polar surface area (TPSA) is 78.8 Å². The molecule has 138 valence electrons. The number of halogens is 1. The van der Waals surface area contributed by atoms with E-state index < -0.39 is 5.60 Å². The van der Waals surface area contributed by atoms with Gasteiger partial charge in [0.2, 0.25) is 5.28 Å². The number of hydrogen-bond donors (Lipinski definition) is 1. The van der Waals surface area contributed by atoms with Crippen LogP contribution in [0.3, 0.4) is 0 Å². The van der Waals surface area contributed by atoms with E-state index in [1.54, 1.807) is 4.90 Å². The summed E-state index contributed by atoms with van der Waals surface area (Å²) in [7, 11) is 0.